The molecule has 6 nitrogen and oxygen atoms in total. The Morgan fingerprint density at radius 1 is 1.12 bits per heavy atom. The van der Waals surface area contributed by atoms with E-state index in [9.17, 15) is 26.4 Å². The summed E-state index contributed by atoms with van der Waals surface area (Å²) >= 11 is 0. The highest BCUT2D eigenvalue weighted by Crippen LogP contribution is 2.32. The lowest BCUT2D eigenvalue weighted by atomic mass is 10.1. The Labute approximate surface area is 186 Å². The van der Waals surface area contributed by atoms with E-state index >= 15 is 0 Å². The van der Waals surface area contributed by atoms with Crippen LogP contribution < -0.4 is 14.4 Å². The van der Waals surface area contributed by atoms with Crippen molar-refractivity contribution in [3.8, 4) is 5.75 Å². The summed E-state index contributed by atoms with van der Waals surface area (Å²) in [7, 11) is -3.82. The second kappa shape index (κ2) is 10.7. The molecule has 2 aromatic rings. The van der Waals surface area contributed by atoms with Crippen molar-refractivity contribution in [1.29, 1.82) is 0 Å². The molecule has 10 heteroatoms. The van der Waals surface area contributed by atoms with E-state index in [-0.39, 0.29) is 44.1 Å². The Morgan fingerprint density at radius 2 is 1.84 bits per heavy atom. The van der Waals surface area contributed by atoms with Crippen LogP contribution in [-0.4, -0.2) is 40.3 Å². The molecule has 0 aliphatic carbocycles. The van der Waals surface area contributed by atoms with Crippen LogP contribution in [0.4, 0.5) is 18.9 Å². The maximum absolute atomic E-state index is 13.0. The molecular weight excluding hydrogens is 445 g/mol. The summed E-state index contributed by atoms with van der Waals surface area (Å²) in [6.45, 7) is 4.30. The van der Waals surface area contributed by atoms with E-state index in [4.69, 9.17) is 4.74 Å². The van der Waals surface area contributed by atoms with E-state index < -0.39 is 21.8 Å². The molecule has 0 atom stereocenters. The van der Waals surface area contributed by atoms with Crippen LogP contribution in [0.5, 0.6) is 5.75 Å². The van der Waals surface area contributed by atoms with Gasteiger partial charge in [-0.1, -0.05) is 18.2 Å². The van der Waals surface area contributed by atoms with Crippen LogP contribution in [0.1, 0.15) is 29.5 Å². The van der Waals surface area contributed by atoms with Crippen LogP contribution in [0.25, 0.3) is 0 Å². The number of rotatable bonds is 10. The Hall–Kier alpha value is -2.75. The molecule has 0 aliphatic heterocycles. The van der Waals surface area contributed by atoms with Gasteiger partial charge in [-0.15, -0.1) is 0 Å². The number of benzene rings is 2. The van der Waals surface area contributed by atoms with Crippen LogP contribution in [0.2, 0.25) is 0 Å². The number of nitrogens with zero attached hydrogens (tertiary/aromatic N) is 1. The summed E-state index contributed by atoms with van der Waals surface area (Å²) in [4.78, 5) is 12.0. The summed E-state index contributed by atoms with van der Waals surface area (Å²) < 4.78 is 69.6. The first kappa shape index (κ1) is 25.5. The van der Waals surface area contributed by atoms with Crippen LogP contribution in [0.15, 0.2) is 42.5 Å². The number of ether oxygens (including phenoxy) is 1. The maximum atomic E-state index is 13.0. The smallest absolute Gasteiger partial charge is 0.416 e. The maximum Gasteiger partial charge on any atom is 0.416 e. The third-order valence-corrected chi connectivity index (χ3v) is 5.85. The summed E-state index contributed by atoms with van der Waals surface area (Å²) in [6, 6.07) is 9.93. The number of hydrogen-bond donors (Lipinski definition) is 1. The van der Waals surface area contributed by atoms with Gasteiger partial charge in [-0.25, -0.2) is 8.42 Å². The van der Waals surface area contributed by atoms with E-state index in [1.807, 2.05) is 32.0 Å². The number of halogens is 3. The lowest BCUT2D eigenvalue weighted by Gasteiger charge is -2.23. The minimum atomic E-state index is -4.59. The van der Waals surface area contributed by atoms with E-state index in [0.717, 1.165) is 45.6 Å². The number of nitrogens with one attached hydrogen (secondary N) is 1. The van der Waals surface area contributed by atoms with Crippen molar-refractivity contribution in [3.05, 3.63) is 59.2 Å². The van der Waals surface area contributed by atoms with Gasteiger partial charge in [0.25, 0.3) is 0 Å². The van der Waals surface area contributed by atoms with Crippen molar-refractivity contribution >= 4 is 21.6 Å². The molecule has 0 fully saturated rings. The number of hydrogen-bond acceptors (Lipinski definition) is 4. The molecule has 0 radical (unpaired) electrons. The molecule has 176 valence electrons. The van der Waals surface area contributed by atoms with Crippen LogP contribution >= 0.6 is 0 Å². The van der Waals surface area contributed by atoms with Crippen molar-refractivity contribution in [3.63, 3.8) is 0 Å². The molecule has 0 aliphatic rings. The fourth-order valence-electron chi connectivity index (χ4n) is 3.01. The van der Waals surface area contributed by atoms with Crippen molar-refractivity contribution in [2.75, 3.05) is 30.3 Å². The first-order valence-electron chi connectivity index (χ1n) is 9.99. The molecule has 0 bridgehead atoms. The number of anilines is 1. The molecule has 1 amide bonds. The highest BCUT2D eigenvalue weighted by atomic mass is 32.2. The Morgan fingerprint density at radius 3 is 2.50 bits per heavy atom. The average molecular weight is 473 g/mol. The molecular formula is C22H27F3N2O4S. The number of carbonyl (C=O) groups excluding carboxylic acids is 1. The van der Waals surface area contributed by atoms with Gasteiger partial charge in [-0.2, -0.15) is 13.2 Å². The fraction of sp³-hybridized carbons (Fsp3) is 0.409. The van der Waals surface area contributed by atoms with Gasteiger partial charge in [-0.05, 0) is 55.7 Å². The van der Waals surface area contributed by atoms with Crippen LogP contribution in [0.3, 0.4) is 0 Å². The van der Waals surface area contributed by atoms with Gasteiger partial charge in [-0.3, -0.25) is 9.10 Å². The normalized spacial score (nSPS) is 11.8. The minimum Gasteiger partial charge on any atom is -0.491 e. The number of alkyl halides is 3. The number of carbonyl (C=O) groups is 1. The lowest BCUT2D eigenvalue weighted by Crippen LogP contribution is -2.33. The number of amides is 1. The second-order valence-electron chi connectivity index (χ2n) is 7.45. The van der Waals surface area contributed by atoms with Gasteiger partial charge in [0.1, 0.15) is 12.4 Å². The number of sulfonamides is 1. The predicted octanol–water partition coefficient (Wildman–Crippen LogP) is 4.06. The zero-order valence-corrected chi connectivity index (χ0v) is 19.0. The SMILES string of the molecule is Cc1ccc(C)c(OCCNC(=O)CCCN(c2cccc(C(F)(F)F)c2)S(C)(=O)=O)c1. The zero-order valence-electron chi connectivity index (χ0n) is 18.2. The summed E-state index contributed by atoms with van der Waals surface area (Å²) in [5.74, 6) is 0.441. The predicted molar refractivity (Wildman–Crippen MR) is 117 cm³/mol. The third kappa shape index (κ3) is 7.74. The summed E-state index contributed by atoms with van der Waals surface area (Å²) in [5.41, 5.74) is 1.01. The van der Waals surface area contributed by atoms with Crippen LogP contribution in [-0.2, 0) is 21.0 Å². The van der Waals surface area contributed by atoms with Crippen molar-refractivity contribution in [1.82, 2.24) is 5.32 Å². The highest BCUT2D eigenvalue weighted by molar-refractivity contribution is 7.92. The summed E-state index contributed by atoms with van der Waals surface area (Å²) in [6.07, 6.45) is -3.50. The standard InChI is InChI=1S/C22H27F3N2O4S/c1-16-9-10-17(2)20(14-16)31-13-11-26-21(28)8-5-12-27(32(3,29)30)19-7-4-6-18(15-19)22(23,24)25/h4,6-7,9-10,14-15H,5,8,11-13H2,1-3H3,(H,26,28). The first-order chi connectivity index (χ1) is 14.9. The molecule has 2 aromatic carbocycles. The average Bonchev–Trinajstić information content (AvgIpc) is 2.69. The molecule has 32 heavy (non-hydrogen) atoms. The largest absolute Gasteiger partial charge is 0.491 e. The molecule has 0 saturated carbocycles. The van der Waals surface area contributed by atoms with E-state index in [0.29, 0.717) is 0 Å². The van der Waals surface area contributed by atoms with E-state index in [1.165, 1.54) is 6.07 Å². The van der Waals surface area contributed by atoms with Gasteiger partial charge in [0.15, 0.2) is 0 Å². The third-order valence-electron chi connectivity index (χ3n) is 4.65. The van der Waals surface area contributed by atoms with Gasteiger partial charge >= 0.3 is 6.18 Å². The van der Waals surface area contributed by atoms with Crippen molar-refractivity contribution < 1.29 is 31.1 Å². The highest BCUT2D eigenvalue weighted by Gasteiger charge is 2.31. The first-order valence-corrected chi connectivity index (χ1v) is 11.8. The lowest BCUT2D eigenvalue weighted by molar-refractivity contribution is -0.137. The second-order valence-corrected chi connectivity index (χ2v) is 9.36. The monoisotopic (exact) mass is 472 g/mol. The van der Waals surface area contributed by atoms with E-state index in [1.54, 1.807) is 0 Å². The van der Waals surface area contributed by atoms with Crippen LogP contribution in [0, 0.1) is 13.8 Å². The molecule has 0 saturated heterocycles. The molecule has 2 rings (SSSR count). The Kier molecular flexibility index (Phi) is 8.54. The van der Waals surface area contributed by atoms with Crippen molar-refractivity contribution in [2.45, 2.75) is 32.9 Å². The van der Waals surface area contributed by atoms with Crippen molar-refractivity contribution in [2.24, 2.45) is 0 Å². The van der Waals surface area contributed by atoms with Gasteiger partial charge in [0.2, 0.25) is 15.9 Å². The number of aryl methyl sites for hydroxylation is 2. The Balaban J connectivity index is 1.85. The quantitative estimate of drug-likeness (QED) is 0.529. The topological polar surface area (TPSA) is 75.7 Å². The van der Waals surface area contributed by atoms with Gasteiger partial charge in [0.05, 0.1) is 24.1 Å². The molecule has 0 unspecified atom stereocenters. The molecule has 1 N–H and O–H groups in total. The minimum absolute atomic E-state index is 0.0223. The van der Waals surface area contributed by atoms with E-state index in [2.05, 4.69) is 5.32 Å². The Bertz CT molecular complexity index is 1040. The van der Waals surface area contributed by atoms with Gasteiger partial charge < -0.3 is 10.1 Å². The molecule has 0 heterocycles. The fourth-order valence-corrected chi connectivity index (χ4v) is 3.97. The zero-order chi connectivity index (χ0) is 23.9. The summed E-state index contributed by atoms with van der Waals surface area (Å²) in [5, 5.41) is 2.69. The van der Waals surface area contributed by atoms with Gasteiger partial charge in [0, 0.05) is 13.0 Å². The molecule has 0 spiro atoms. The molecule has 0 aromatic heterocycles.